The normalized spacial score (nSPS) is 18.9. The summed E-state index contributed by atoms with van der Waals surface area (Å²) < 4.78 is 0. The van der Waals surface area contributed by atoms with Crippen LogP contribution in [-0.2, 0) is 4.79 Å². The van der Waals surface area contributed by atoms with Crippen molar-refractivity contribution in [1.82, 2.24) is 10.2 Å². The summed E-state index contributed by atoms with van der Waals surface area (Å²) in [6.45, 7) is 8.45. The van der Waals surface area contributed by atoms with Crippen molar-refractivity contribution in [1.29, 1.82) is 0 Å². The molecule has 1 aliphatic rings. The monoisotopic (exact) mass is 289 g/mol. The third kappa shape index (κ3) is 4.05. The van der Waals surface area contributed by atoms with Crippen LogP contribution in [0.4, 0.5) is 5.69 Å². The molecule has 0 spiro atoms. The summed E-state index contributed by atoms with van der Waals surface area (Å²) in [5.74, 6) is 0.883. The number of rotatable bonds is 6. The SMILES string of the molecule is CCN(C(=O)CN1CCC(CNC)C1)c1ccccc1C. The first-order chi connectivity index (χ1) is 10.2. The standard InChI is InChI=1S/C17H27N3O/c1-4-20(16-8-6-5-7-14(16)2)17(21)13-19-10-9-15(12-19)11-18-3/h5-8,15,18H,4,9-13H2,1-3H3. The first kappa shape index (κ1) is 16.0. The van der Waals surface area contributed by atoms with E-state index in [1.807, 2.05) is 37.1 Å². The summed E-state index contributed by atoms with van der Waals surface area (Å²) in [5.41, 5.74) is 2.19. The Morgan fingerprint density at radius 2 is 2.19 bits per heavy atom. The quantitative estimate of drug-likeness (QED) is 0.868. The Hall–Kier alpha value is -1.39. The highest BCUT2D eigenvalue weighted by Gasteiger charge is 2.25. The van der Waals surface area contributed by atoms with E-state index in [-0.39, 0.29) is 5.91 Å². The van der Waals surface area contributed by atoms with Crippen LogP contribution in [0.5, 0.6) is 0 Å². The smallest absolute Gasteiger partial charge is 0.241 e. The van der Waals surface area contributed by atoms with E-state index < -0.39 is 0 Å². The average Bonchev–Trinajstić information content (AvgIpc) is 2.89. The molecule has 1 aromatic rings. The number of hydrogen-bond acceptors (Lipinski definition) is 3. The van der Waals surface area contributed by atoms with E-state index in [1.165, 1.54) is 6.42 Å². The molecular formula is C17H27N3O. The van der Waals surface area contributed by atoms with Gasteiger partial charge in [0.05, 0.1) is 6.54 Å². The Bertz CT molecular complexity index is 475. The number of benzene rings is 1. The van der Waals surface area contributed by atoms with Crippen molar-refractivity contribution < 1.29 is 4.79 Å². The second-order valence-electron chi connectivity index (χ2n) is 5.87. The maximum atomic E-state index is 12.6. The Kier molecular flexibility index (Phi) is 5.76. The summed E-state index contributed by atoms with van der Waals surface area (Å²) in [6.07, 6.45) is 1.19. The van der Waals surface area contributed by atoms with Gasteiger partial charge in [-0.15, -0.1) is 0 Å². The molecule has 1 amide bonds. The number of para-hydroxylation sites is 1. The van der Waals surface area contributed by atoms with Crippen LogP contribution in [-0.4, -0.2) is 50.6 Å². The van der Waals surface area contributed by atoms with Gasteiger partial charge in [0.2, 0.25) is 5.91 Å². The van der Waals surface area contributed by atoms with Gasteiger partial charge in [-0.2, -0.15) is 0 Å². The van der Waals surface area contributed by atoms with E-state index in [1.54, 1.807) is 0 Å². The molecule has 2 rings (SSSR count). The van der Waals surface area contributed by atoms with Gasteiger partial charge >= 0.3 is 0 Å². The molecular weight excluding hydrogens is 262 g/mol. The first-order valence-electron chi connectivity index (χ1n) is 7.88. The van der Waals surface area contributed by atoms with Crippen molar-refractivity contribution in [3.05, 3.63) is 29.8 Å². The minimum Gasteiger partial charge on any atom is -0.319 e. The Morgan fingerprint density at radius 3 is 2.86 bits per heavy atom. The number of likely N-dealkylation sites (N-methyl/N-ethyl adjacent to an activating group) is 1. The van der Waals surface area contributed by atoms with Crippen molar-refractivity contribution in [2.45, 2.75) is 20.3 Å². The van der Waals surface area contributed by atoms with Crippen molar-refractivity contribution in [2.75, 3.05) is 44.7 Å². The molecule has 0 aromatic heterocycles. The predicted molar refractivity (Wildman–Crippen MR) is 87.7 cm³/mol. The number of nitrogens with zero attached hydrogens (tertiary/aromatic N) is 2. The lowest BCUT2D eigenvalue weighted by molar-refractivity contribution is -0.119. The Morgan fingerprint density at radius 1 is 1.43 bits per heavy atom. The lowest BCUT2D eigenvalue weighted by Crippen LogP contribution is -2.40. The fraction of sp³-hybridized carbons (Fsp3) is 0.588. The van der Waals surface area contributed by atoms with Gasteiger partial charge in [-0.3, -0.25) is 9.69 Å². The highest BCUT2D eigenvalue weighted by atomic mass is 16.2. The molecule has 1 heterocycles. The molecule has 116 valence electrons. The van der Waals surface area contributed by atoms with Crippen molar-refractivity contribution in [3.8, 4) is 0 Å². The number of anilines is 1. The summed E-state index contributed by atoms with van der Waals surface area (Å²) in [5, 5.41) is 3.23. The Labute approximate surface area is 128 Å². The van der Waals surface area contributed by atoms with Crippen LogP contribution in [0.1, 0.15) is 18.9 Å². The maximum Gasteiger partial charge on any atom is 0.241 e. The van der Waals surface area contributed by atoms with Crippen LogP contribution in [0.3, 0.4) is 0 Å². The summed E-state index contributed by atoms with van der Waals surface area (Å²) in [6, 6.07) is 8.10. The summed E-state index contributed by atoms with van der Waals surface area (Å²) in [7, 11) is 1.99. The number of amides is 1. The molecule has 0 aliphatic carbocycles. The van der Waals surface area contributed by atoms with Crippen LogP contribution >= 0.6 is 0 Å². The van der Waals surface area contributed by atoms with E-state index in [0.717, 1.165) is 37.4 Å². The van der Waals surface area contributed by atoms with Gasteiger partial charge in [0.15, 0.2) is 0 Å². The molecule has 4 nitrogen and oxygen atoms in total. The lowest BCUT2D eigenvalue weighted by Gasteiger charge is -2.25. The minimum absolute atomic E-state index is 0.205. The lowest BCUT2D eigenvalue weighted by atomic mass is 10.1. The third-order valence-corrected chi connectivity index (χ3v) is 4.25. The molecule has 0 saturated carbocycles. The van der Waals surface area contributed by atoms with Crippen LogP contribution < -0.4 is 10.2 Å². The maximum absolute atomic E-state index is 12.6. The molecule has 1 N–H and O–H groups in total. The number of carbonyl (C=O) groups excluding carboxylic acids is 1. The van der Waals surface area contributed by atoms with Crippen molar-refractivity contribution in [3.63, 3.8) is 0 Å². The number of nitrogens with one attached hydrogen (secondary N) is 1. The fourth-order valence-corrected chi connectivity index (χ4v) is 3.14. The Balaban J connectivity index is 1.97. The number of hydrogen-bond donors (Lipinski definition) is 1. The molecule has 1 fully saturated rings. The molecule has 1 aromatic carbocycles. The van der Waals surface area contributed by atoms with Gasteiger partial charge in [-0.05, 0) is 58.0 Å². The third-order valence-electron chi connectivity index (χ3n) is 4.25. The van der Waals surface area contributed by atoms with Gasteiger partial charge in [-0.1, -0.05) is 18.2 Å². The van der Waals surface area contributed by atoms with Crippen LogP contribution in [0, 0.1) is 12.8 Å². The van der Waals surface area contributed by atoms with E-state index in [2.05, 4.69) is 23.2 Å². The van der Waals surface area contributed by atoms with Gasteiger partial charge in [0.25, 0.3) is 0 Å². The van der Waals surface area contributed by atoms with E-state index >= 15 is 0 Å². The largest absolute Gasteiger partial charge is 0.319 e. The van der Waals surface area contributed by atoms with Crippen LogP contribution in [0.2, 0.25) is 0 Å². The zero-order chi connectivity index (χ0) is 15.2. The molecule has 1 saturated heterocycles. The zero-order valence-electron chi connectivity index (χ0n) is 13.4. The van der Waals surface area contributed by atoms with Gasteiger partial charge < -0.3 is 10.2 Å². The molecule has 1 aliphatic heterocycles. The van der Waals surface area contributed by atoms with Crippen LogP contribution in [0.15, 0.2) is 24.3 Å². The average molecular weight is 289 g/mol. The van der Waals surface area contributed by atoms with E-state index in [4.69, 9.17) is 0 Å². The minimum atomic E-state index is 0.205. The summed E-state index contributed by atoms with van der Waals surface area (Å²) >= 11 is 0. The molecule has 21 heavy (non-hydrogen) atoms. The molecule has 0 bridgehead atoms. The zero-order valence-corrected chi connectivity index (χ0v) is 13.4. The second-order valence-corrected chi connectivity index (χ2v) is 5.87. The van der Waals surface area contributed by atoms with E-state index in [9.17, 15) is 4.79 Å². The van der Waals surface area contributed by atoms with Gasteiger partial charge in [0.1, 0.15) is 0 Å². The molecule has 0 radical (unpaired) electrons. The number of likely N-dealkylation sites (tertiary alicyclic amines) is 1. The second kappa shape index (κ2) is 7.57. The van der Waals surface area contributed by atoms with Crippen LogP contribution in [0.25, 0.3) is 0 Å². The van der Waals surface area contributed by atoms with Crippen molar-refractivity contribution in [2.24, 2.45) is 5.92 Å². The molecule has 1 atom stereocenters. The van der Waals surface area contributed by atoms with E-state index in [0.29, 0.717) is 12.5 Å². The number of carbonyl (C=O) groups is 1. The highest BCUT2D eigenvalue weighted by molar-refractivity contribution is 5.95. The molecule has 1 unspecified atom stereocenters. The number of aryl methyl sites for hydroxylation is 1. The predicted octanol–water partition coefficient (Wildman–Crippen LogP) is 1.89. The highest BCUT2D eigenvalue weighted by Crippen LogP contribution is 2.21. The fourth-order valence-electron chi connectivity index (χ4n) is 3.14. The molecule has 4 heteroatoms. The van der Waals surface area contributed by atoms with Gasteiger partial charge in [0, 0.05) is 18.8 Å². The summed E-state index contributed by atoms with van der Waals surface area (Å²) in [4.78, 5) is 16.8. The van der Waals surface area contributed by atoms with Crippen molar-refractivity contribution >= 4 is 11.6 Å². The first-order valence-corrected chi connectivity index (χ1v) is 7.88. The topological polar surface area (TPSA) is 35.6 Å². The van der Waals surface area contributed by atoms with Gasteiger partial charge in [-0.25, -0.2) is 0 Å².